The molecule has 2 nitrogen and oxygen atoms in total. The van der Waals surface area contributed by atoms with Gasteiger partial charge in [0.25, 0.3) is 0 Å². The molecule has 0 saturated heterocycles. The van der Waals surface area contributed by atoms with Gasteiger partial charge in [0, 0.05) is 42.1 Å². The van der Waals surface area contributed by atoms with E-state index < -0.39 is 0 Å². The van der Waals surface area contributed by atoms with Crippen LogP contribution in [-0.2, 0) is 12.8 Å². The van der Waals surface area contributed by atoms with Crippen molar-refractivity contribution < 1.29 is 4.58 Å². The third kappa shape index (κ3) is 3.96. The number of allylic oxidation sites excluding steroid dienone is 3. The number of rotatable bonds is 3. The summed E-state index contributed by atoms with van der Waals surface area (Å²) < 4.78 is 2.38. The minimum absolute atomic E-state index is 0.543. The molecule has 0 aliphatic carbocycles. The van der Waals surface area contributed by atoms with E-state index in [1.807, 2.05) is 0 Å². The molecule has 2 heteroatoms. The second-order valence-electron chi connectivity index (χ2n) is 8.23. The maximum atomic E-state index is 2.42. The first-order valence-electron chi connectivity index (χ1n) is 10.5. The topological polar surface area (TPSA) is 6.25 Å². The summed E-state index contributed by atoms with van der Waals surface area (Å²) in [6, 6.07) is 14.2. The predicted octanol–water partition coefficient (Wildman–Crippen LogP) is 5.88. The normalized spacial score (nSPS) is 20.8. The van der Waals surface area contributed by atoms with Crippen LogP contribution in [0.4, 0.5) is 11.4 Å². The summed E-state index contributed by atoms with van der Waals surface area (Å²) in [5.41, 5.74) is 8.37. The predicted molar refractivity (Wildman–Crippen MR) is 120 cm³/mol. The number of benzene rings is 2. The van der Waals surface area contributed by atoms with Gasteiger partial charge in [-0.25, -0.2) is 0 Å². The first-order chi connectivity index (χ1) is 13.6. The fourth-order valence-corrected chi connectivity index (χ4v) is 4.40. The molecular formula is C26H31N2+. The lowest BCUT2D eigenvalue weighted by Crippen LogP contribution is -2.32. The molecule has 0 saturated carbocycles. The summed E-state index contributed by atoms with van der Waals surface area (Å²) in [4.78, 5) is 2.42. The van der Waals surface area contributed by atoms with Crippen molar-refractivity contribution in [1.82, 2.24) is 0 Å². The van der Waals surface area contributed by atoms with Crippen LogP contribution in [0.5, 0.6) is 0 Å². The van der Waals surface area contributed by atoms with Gasteiger partial charge in [0.2, 0.25) is 5.69 Å². The zero-order valence-electron chi connectivity index (χ0n) is 17.4. The van der Waals surface area contributed by atoms with Crippen LogP contribution in [0, 0.1) is 13.8 Å². The molecular weight excluding hydrogens is 340 g/mol. The standard InChI is InChI=1S/C26H31N2/c1-20-9-13-25-23(18-20)8-7-16-27(25)15-5-4-6-17-28-22(3)11-12-24-19-21(2)10-14-26(24)28/h4-6,9-10,13-15,17-19,22H,7-8,11-12,16H2,1-3H3/q+1/t22-/m0/s1. The Labute approximate surface area is 169 Å². The van der Waals surface area contributed by atoms with E-state index in [4.69, 9.17) is 0 Å². The van der Waals surface area contributed by atoms with E-state index in [0.29, 0.717) is 6.04 Å². The van der Waals surface area contributed by atoms with E-state index in [1.165, 1.54) is 59.3 Å². The second kappa shape index (κ2) is 8.18. The maximum Gasteiger partial charge on any atom is 0.208 e. The Morgan fingerprint density at radius 2 is 1.71 bits per heavy atom. The molecule has 144 valence electrons. The summed E-state index contributed by atoms with van der Waals surface area (Å²) in [6.07, 6.45) is 15.7. The van der Waals surface area contributed by atoms with Crippen molar-refractivity contribution in [3.8, 4) is 0 Å². The number of aryl methyl sites for hydroxylation is 4. The molecule has 0 amide bonds. The smallest absolute Gasteiger partial charge is 0.208 e. The van der Waals surface area contributed by atoms with Crippen molar-refractivity contribution >= 4 is 17.6 Å². The van der Waals surface area contributed by atoms with Crippen molar-refractivity contribution in [3.63, 3.8) is 0 Å². The van der Waals surface area contributed by atoms with Gasteiger partial charge in [-0.05, 0) is 63.8 Å². The molecule has 0 N–H and O–H groups in total. The molecule has 2 aromatic rings. The van der Waals surface area contributed by atoms with E-state index in [9.17, 15) is 0 Å². The van der Waals surface area contributed by atoms with Crippen LogP contribution in [0.1, 0.15) is 42.0 Å². The Morgan fingerprint density at radius 3 is 2.57 bits per heavy atom. The maximum absolute atomic E-state index is 2.42. The summed E-state index contributed by atoms with van der Waals surface area (Å²) in [5.74, 6) is 0. The lowest BCUT2D eigenvalue weighted by atomic mass is 9.95. The molecule has 0 bridgehead atoms. The van der Waals surface area contributed by atoms with Crippen LogP contribution in [0.25, 0.3) is 0 Å². The van der Waals surface area contributed by atoms with Crippen molar-refractivity contribution in [2.45, 2.75) is 52.5 Å². The quantitative estimate of drug-likeness (QED) is 0.483. The number of hydrogen-bond donors (Lipinski definition) is 0. The molecule has 0 spiro atoms. The van der Waals surface area contributed by atoms with Crippen LogP contribution in [0.3, 0.4) is 0 Å². The van der Waals surface area contributed by atoms with E-state index in [1.54, 1.807) is 0 Å². The molecule has 2 aromatic carbocycles. The van der Waals surface area contributed by atoms with Crippen molar-refractivity contribution in [1.29, 1.82) is 0 Å². The van der Waals surface area contributed by atoms with Crippen molar-refractivity contribution in [2.24, 2.45) is 0 Å². The zero-order valence-corrected chi connectivity index (χ0v) is 17.4. The van der Waals surface area contributed by atoms with Gasteiger partial charge < -0.3 is 4.90 Å². The number of hydrogen-bond acceptors (Lipinski definition) is 1. The Balaban J connectivity index is 1.49. The molecule has 2 aliphatic rings. The van der Waals surface area contributed by atoms with Gasteiger partial charge >= 0.3 is 0 Å². The molecule has 2 heterocycles. The Bertz CT molecular complexity index is 949. The molecule has 4 rings (SSSR count). The molecule has 0 aromatic heterocycles. The summed E-state index contributed by atoms with van der Waals surface area (Å²) >= 11 is 0. The summed E-state index contributed by atoms with van der Waals surface area (Å²) in [5, 5.41) is 0. The second-order valence-corrected chi connectivity index (χ2v) is 8.23. The van der Waals surface area contributed by atoms with Crippen LogP contribution in [0.2, 0.25) is 0 Å². The van der Waals surface area contributed by atoms with Gasteiger partial charge in [-0.2, -0.15) is 4.58 Å². The SMILES string of the molecule is Cc1ccc2c(c1)CC[C@H](C)N2/C=C/C=C/C=[N+]1CCCc2cc(C)ccc21. The molecule has 1 atom stereocenters. The van der Waals surface area contributed by atoms with E-state index in [0.717, 1.165) is 6.54 Å². The minimum atomic E-state index is 0.543. The molecule has 28 heavy (non-hydrogen) atoms. The monoisotopic (exact) mass is 371 g/mol. The largest absolute Gasteiger partial charge is 0.345 e. The first-order valence-corrected chi connectivity index (χ1v) is 10.5. The van der Waals surface area contributed by atoms with Gasteiger partial charge in [-0.1, -0.05) is 35.4 Å². The third-order valence-electron chi connectivity index (χ3n) is 5.94. The fraction of sp³-hybridized carbons (Fsp3) is 0.346. The minimum Gasteiger partial charge on any atom is -0.345 e. The van der Waals surface area contributed by atoms with Gasteiger partial charge in [0.05, 0.1) is 0 Å². The molecule has 2 aliphatic heterocycles. The van der Waals surface area contributed by atoms with E-state index >= 15 is 0 Å². The Morgan fingerprint density at radius 1 is 0.929 bits per heavy atom. The van der Waals surface area contributed by atoms with Crippen molar-refractivity contribution in [3.05, 3.63) is 83.1 Å². The Kier molecular flexibility index (Phi) is 5.47. The highest BCUT2D eigenvalue weighted by Gasteiger charge is 2.21. The van der Waals surface area contributed by atoms with Crippen LogP contribution in [-0.4, -0.2) is 23.4 Å². The lowest BCUT2D eigenvalue weighted by Gasteiger charge is -2.34. The van der Waals surface area contributed by atoms with Gasteiger partial charge in [-0.15, -0.1) is 0 Å². The van der Waals surface area contributed by atoms with Crippen LogP contribution in [0.15, 0.2) is 60.8 Å². The summed E-state index contributed by atoms with van der Waals surface area (Å²) in [6.45, 7) is 7.77. The lowest BCUT2D eigenvalue weighted by molar-refractivity contribution is -0.440. The van der Waals surface area contributed by atoms with E-state index in [2.05, 4.69) is 97.3 Å². The first kappa shape index (κ1) is 18.7. The molecule has 0 fully saturated rings. The highest BCUT2D eigenvalue weighted by Crippen LogP contribution is 2.31. The molecule has 0 unspecified atom stereocenters. The Hall–Kier alpha value is -2.61. The number of fused-ring (bicyclic) bond motifs is 2. The number of anilines is 1. The van der Waals surface area contributed by atoms with Gasteiger partial charge in [-0.3, -0.25) is 0 Å². The van der Waals surface area contributed by atoms with E-state index in [-0.39, 0.29) is 0 Å². The highest BCUT2D eigenvalue weighted by atomic mass is 15.1. The third-order valence-corrected chi connectivity index (χ3v) is 5.94. The fourth-order valence-electron chi connectivity index (χ4n) is 4.40. The molecule has 0 radical (unpaired) electrons. The van der Waals surface area contributed by atoms with Crippen molar-refractivity contribution in [2.75, 3.05) is 11.4 Å². The van der Waals surface area contributed by atoms with Gasteiger partial charge in [0.1, 0.15) is 6.54 Å². The van der Waals surface area contributed by atoms with Crippen LogP contribution >= 0.6 is 0 Å². The average Bonchev–Trinajstić information content (AvgIpc) is 2.69. The van der Waals surface area contributed by atoms with Gasteiger partial charge in [0.15, 0.2) is 6.21 Å². The van der Waals surface area contributed by atoms with Crippen LogP contribution < -0.4 is 4.90 Å². The average molecular weight is 372 g/mol. The highest BCUT2D eigenvalue weighted by molar-refractivity contribution is 5.69. The summed E-state index contributed by atoms with van der Waals surface area (Å²) in [7, 11) is 0. The zero-order chi connectivity index (χ0) is 19.5. The number of nitrogens with zero attached hydrogens (tertiary/aromatic N) is 2.